The molecule has 1 saturated carbocycles. The number of rotatable bonds is 2. The predicted octanol–water partition coefficient (Wildman–Crippen LogP) is 3.62. The topological polar surface area (TPSA) is 24.9 Å². The fourth-order valence-electron chi connectivity index (χ4n) is 2.93. The Kier molecular flexibility index (Phi) is 3.25. The molecule has 3 rings (SSSR count). The second-order valence-corrected chi connectivity index (χ2v) is 6.18. The van der Waals surface area contributed by atoms with Crippen molar-refractivity contribution in [3.05, 3.63) is 16.1 Å². The second kappa shape index (κ2) is 4.84. The summed E-state index contributed by atoms with van der Waals surface area (Å²) in [6.45, 7) is 1.17. The molecule has 1 aromatic rings. The van der Waals surface area contributed by atoms with Crippen molar-refractivity contribution in [2.24, 2.45) is 0 Å². The first-order valence-corrected chi connectivity index (χ1v) is 7.44. The summed E-state index contributed by atoms with van der Waals surface area (Å²) in [5, 5.41) is 4.87. The van der Waals surface area contributed by atoms with Crippen molar-refractivity contribution >= 4 is 11.3 Å². The Labute approximate surface area is 101 Å². The Balaban J connectivity index is 1.71. The lowest BCUT2D eigenvalue weighted by molar-refractivity contribution is 0.448. The van der Waals surface area contributed by atoms with Crippen LogP contribution >= 0.6 is 11.3 Å². The molecule has 1 aliphatic heterocycles. The highest BCUT2D eigenvalue weighted by Gasteiger charge is 2.22. The van der Waals surface area contributed by atoms with E-state index in [1.807, 2.05) is 11.3 Å². The van der Waals surface area contributed by atoms with Crippen LogP contribution in [0, 0.1) is 0 Å². The Morgan fingerprint density at radius 2 is 2.00 bits per heavy atom. The van der Waals surface area contributed by atoms with E-state index in [9.17, 15) is 0 Å². The van der Waals surface area contributed by atoms with Crippen molar-refractivity contribution < 1.29 is 0 Å². The van der Waals surface area contributed by atoms with Crippen LogP contribution in [0.25, 0.3) is 0 Å². The molecule has 3 heteroatoms. The molecule has 1 aliphatic carbocycles. The van der Waals surface area contributed by atoms with Gasteiger partial charge in [0.15, 0.2) is 0 Å². The van der Waals surface area contributed by atoms with Gasteiger partial charge in [-0.05, 0) is 38.1 Å². The van der Waals surface area contributed by atoms with Crippen LogP contribution < -0.4 is 5.32 Å². The minimum Gasteiger partial charge on any atom is -0.308 e. The van der Waals surface area contributed by atoms with E-state index in [-0.39, 0.29) is 0 Å². The van der Waals surface area contributed by atoms with Gasteiger partial charge in [0.2, 0.25) is 0 Å². The molecule has 2 aliphatic rings. The van der Waals surface area contributed by atoms with Crippen molar-refractivity contribution in [2.45, 2.75) is 56.9 Å². The first-order valence-electron chi connectivity index (χ1n) is 6.62. The molecule has 1 atom stereocenters. The van der Waals surface area contributed by atoms with Gasteiger partial charge in [-0.2, -0.15) is 0 Å². The van der Waals surface area contributed by atoms with Gasteiger partial charge in [0.05, 0.1) is 6.04 Å². The molecule has 1 aromatic heterocycles. The summed E-state index contributed by atoms with van der Waals surface area (Å²) in [7, 11) is 0. The number of hydrogen-bond acceptors (Lipinski definition) is 3. The number of thiazole rings is 1. The lowest BCUT2D eigenvalue weighted by atomic mass is 9.89. The summed E-state index contributed by atoms with van der Waals surface area (Å²) in [6, 6.07) is 0.558. The van der Waals surface area contributed by atoms with Crippen LogP contribution in [0.1, 0.15) is 66.8 Å². The third-order valence-corrected chi connectivity index (χ3v) is 5.18. The van der Waals surface area contributed by atoms with Gasteiger partial charge >= 0.3 is 0 Å². The van der Waals surface area contributed by atoms with Gasteiger partial charge in [0.1, 0.15) is 5.01 Å². The van der Waals surface area contributed by atoms with E-state index in [0.29, 0.717) is 6.04 Å². The minimum absolute atomic E-state index is 0.558. The second-order valence-electron chi connectivity index (χ2n) is 5.08. The molecule has 1 unspecified atom stereocenters. The molecule has 2 fully saturated rings. The predicted molar refractivity (Wildman–Crippen MR) is 67.9 cm³/mol. The van der Waals surface area contributed by atoms with Gasteiger partial charge in [-0.3, -0.25) is 0 Å². The van der Waals surface area contributed by atoms with E-state index in [1.165, 1.54) is 56.5 Å². The molecule has 0 aromatic carbocycles. The lowest BCUT2D eigenvalue weighted by Crippen LogP contribution is -2.12. The molecule has 0 radical (unpaired) electrons. The maximum Gasteiger partial charge on any atom is 0.110 e. The van der Waals surface area contributed by atoms with Crippen LogP contribution in [0.3, 0.4) is 0 Å². The Hall–Kier alpha value is -0.410. The van der Waals surface area contributed by atoms with E-state index in [0.717, 1.165) is 5.92 Å². The average Bonchev–Trinajstić information content (AvgIpc) is 3.01. The van der Waals surface area contributed by atoms with Crippen LogP contribution in [0.2, 0.25) is 0 Å². The zero-order chi connectivity index (χ0) is 10.8. The van der Waals surface area contributed by atoms with Crippen molar-refractivity contribution in [3.8, 4) is 0 Å². The standard InChI is InChI=1S/C13H20N2S/c1-2-5-10(6-3-1)12-9-15-13(16-12)11-7-4-8-14-11/h9-11,14H,1-8H2. The highest BCUT2D eigenvalue weighted by molar-refractivity contribution is 7.11. The molecule has 0 spiro atoms. The van der Waals surface area contributed by atoms with Gasteiger partial charge in [0, 0.05) is 11.1 Å². The van der Waals surface area contributed by atoms with Crippen LogP contribution in [0.5, 0.6) is 0 Å². The molecule has 1 saturated heterocycles. The van der Waals surface area contributed by atoms with Gasteiger partial charge in [-0.15, -0.1) is 11.3 Å². The van der Waals surface area contributed by atoms with Gasteiger partial charge in [-0.1, -0.05) is 19.3 Å². The van der Waals surface area contributed by atoms with Crippen LogP contribution in [0.15, 0.2) is 6.20 Å². The first-order chi connectivity index (χ1) is 7.93. The fraction of sp³-hybridized carbons (Fsp3) is 0.769. The molecule has 16 heavy (non-hydrogen) atoms. The summed E-state index contributed by atoms with van der Waals surface area (Å²) in [4.78, 5) is 6.17. The molecule has 88 valence electrons. The molecular formula is C13H20N2S. The van der Waals surface area contributed by atoms with E-state index in [4.69, 9.17) is 0 Å². The number of aromatic nitrogens is 1. The number of nitrogens with zero attached hydrogens (tertiary/aromatic N) is 1. The highest BCUT2D eigenvalue weighted by atomic mass is 32.1. The van der Waals surface area contributed by atoms with Crippen molar-refractivity contribution in [1.82, 2.24) is 10.3 Å². The highest BCUT2D eigenvalue weighted by Crippen LogP contribution is 2.37. The van der Waals surface area contributed by atoms with Crippen LogP contribution in [-0.4, -0.2) is 11.5 Å². The summed E-state index contributed by atoms with van der Waals surface area (Å²) in [6.07, 6.45) is 11.8. The van der Waals surface area contributed by atoms with Crippen LogP contribution in [0.4, 0.5) is 0 Å². The maximum atomic E-state index is 4.63. The number of nitrogens with one attached hydrogen (secondary N) is 1. The van der Waals surface area contributed by atoms with Gasteiger partial charge < -0.3 is 5.32 Å². The first kappa shape index (κ1) is 10.7. The quantitative estimate of drug-likeness (QED) is 0.848. The third-order valence-electron chi connectivity index (χ3n) is 3.91. The monoisotopic (exact) mass is 236 g/mol. The van der Waals surface area contributed by atoms with Crippen molar-refractivity contribution in [1.29, 1.82) is 0 Å². The molecule has 2 heterocycles. The zero-order valence-electron chi connectivity index (χ0n) is 9.74. The largest absolute Gasteiger partial charge is 0.308 e. The zero-order valence-corrected chi connectivity index (χ0v) is 10.6. The molecule has 2 nitrogen and oxygen atoms in total. The Morgan fingerprint density at radius 3 is 2.75 bits per heavy atom. The minimum atomic E-state index is 0.558. The Morgan fingerprint density at radius 1 is 1.12 bits per heavy atom. The fourth-order valence-corrected chi connectivity index (χ4v) is 4.13. The van der Waals surface area contributed by atoms with E-state index in [1.54, 1.807) is 4.88 Å². The van der Waals surface area contributed by atoms with E-state index < -0.39 is 0 Å². The normalized spacial score (nSPS) is 27.4. The number of hydrogen-bond donors (Lipinski definition) is 1. The van der Waals surface area contributed by atoms with E-state index in [2.05, 4.69) is 16.5 Å². The summed E-state index contributed by atoms with van der Waals surface area (Å²) in [5.41, 5.74) is 0. The van der Waals surface area contributed by atoms with Crippen molar-refractivity contribution in [3.63, 3.8) is 0 Å². The van der Waals surface area contributed by atoms with Crippen LogP contribution in [-0.2, 0) is 0 Å². The Bertz CT molecular complexity index is 335. The molecule has 0 amide bonds. The summed E-state index contributed by atoms with van der Waals surface area (Å²) < 4.78 is 0. The maximum absolute atomic E-state index is 4.63. The van der Waals surface area contributed by atoms with Crippen molar-refractivity contribution in [2.75, 3.05) is 6.54 Å². The molecule has 1 N–H and O–H groups in total. The molecular weight excluding hydrogens is 216 g/mol. The van der Waals surface area contributed by atoms with E-state index >= 15 is 0 Å². The smallest absolute Gasteiger partial charge is 0.110 e. The molecule has 0 bridgehead atoms. The van der Waals surface area contributed by atoms with Gasteiger partial charge in [-0.25, -0.2) is 4.98 Å². The summed E-state index contributed by atoms with van der Waals surface area (Å²) in [5.74, 6) is 0.821. The summed E-state index contributed by atoms with van der Waals surface area (Å²) >= 11 is 1.96. The third kappa shape index (κ3) is 2.16. The average molecular weight is 236 g/mol. The lowest BCUT2D eigenvalue weighted by Gasteiger charge is -2.19. The van der Waals surface area contributed by atoms with Gasteiger partial charge in [0.25, 0.3) is 0 Å². The SMILES string of the molecule is c1nc(C2CCCN2)sc1C1CCCCC1.